The normalized spacial score (nSPS) is 11.1. The summed E-state index contributed by atoms with van der Waals surface area (Å²) in [5, 5.41) is 2.02. The second-order valence-electron chi connectivity index (χ2n) is 5.17. The van der Waals surface area contributed by atoms with E-state index in [0.29, 0.717) is 5.69 Å². The number of carbonyl (C=O) groups is 1. The van der Waals surface area contributed by atoms with E-state index in [1.165, 1.54) is 0 Å². The largest absolute Gasteiger partial charge is 0.350 e. The molecular formula is C15H18N4OS. The lowest BCUT2D eigenvalue weighted by atomic mass is 10.2. The van der Waals surface area contributed by atoms with Crippen LogP contribution in [0.1, 0.15) is 22.7 Å². The van der Waals surface area contributed by atoms with Crippen LogP contribution in [0.25, 0.3) is 10.2 Å². The minimum absolute atomic E-state index is 0.0400. The summed E-state index contributed by atoms with van der Waals surface area (Å²) in [6.07, 6.45) is 5.52. The predicted molar refractivity (Wildman–Crippen MR) is 84.7 cm³/mol. The highest BCUT2D eigenvalue weighted by atomic mass is 32.1. The van der Waals surface area contributed by atoms with Gasteiger partial charge in [-0.3, -0.25) is 4.79 Å². The smallest absolute Gasteiger partial charge is 0.270 e. The van der Waals surface area contributed by atoms with Crippen LogP contribution in [0.5, 0.6) is 0 Å². The lowest BCUT2D eigenvalue weighted by Crippen LogP contribution is -2.28. The van der Waals surface area contributed by atoms with E-state index in [4.69, 9.17) is 0 Å². The van der Waals surface area contributed by atoms with Gasteiger partial charge >= 0.3 is 0 Å². The van der Waals surface area contributed by atoms with E-state index < -0.39 is 0 Å². The molecule has 0 atom stereocenters. The summed E-state index contributed by atoms with van der Waals surface area (Å²) in [6.45, 7) is 0.721. The van der Waals surface area contributed by atoms with Gasteiger partial charge in [0.1, 0.15) is 11.5 Å². The molecule has 3 aromatic heterocycles. The van der Waals surface area contributed by atoms with E-state index in [1.807, 2.05) is 42.4 Å². The number of nitrogens with zero attached hydrogens (tertiary/aromatic N) is 3. The standard InChI is InChI=1S/C15H18N4OS/c1-18-8-6-16-14(18)4-3-7-19(2)15(20)12-10-13-11(17-12)5-9-21-13/h5-6,8-10,17H,3-4,7H2,1-2H3. The molecule has 0 saturated heterocycles. The molecule has 0 saturated carbocycles. The van der Waals surface area contributed by atoms with Gasteiger partial charge < -0.3 is 14.5 Å². The first-order chi connectivity index (χ1) is 10.1. The van der Waals surface area contributed by atoms with Crippen molar-refractivity contribution in [2.75, 3.05) is 13.6 Å². The Morgan fingerprint density at radius 1 is 1.52 bits per heavy atom. The number of nitrogens with one attached hydrogen (secondary N) is 1. The van der Waals surface area contributed by atoms with Crippen molar-refractivity contribution in [3.8, 4) is 0 Å². The van der Waals surface area contributed by atoms with Crippen molar-refractivity contribution >= 4 is 27.5 Å². The molecule has 0 aliphatic heterocycles. The highest BCUT2D eigenvalue weighted by molar-refractivity contribution is 7.17. The fourth-order valence-corrected chi connectivity index (χ4v) is 3.17. The van der Waals surface area contributed by atoms with E-state index >= 15 is 0 Å². The Hall–Kier alpha value is -2.08. The van der Waals surface area contributed by atoms with Gasteiger partial charge in [-0.25, -0.2) is 4.98 Å². The Morgan fingerprint density at radius 2 is 2.38 bits per heavy atom. The lowest BCUT2D eigenvalue weighted by Gasteiger charge is -2.16. The first-order valence-corrected chi connectivity index (χ1v) is 7.81. The third-order valence-corrected chi connectivity index (χ3v) is 4.50. The minimum Gasteiger partial charge on any atom is -0.350 e. The van der Waals surface area contributed by atoms with E-state index in [9.17, 15) is 4.79 Å². The van der Waals surface area contributed by atoms with Gasteiger partial charge in [-0.15, -0.1) is 11.3 Å². The molecule has 3 heterocycles. The molecule has 110 valence electrons. The Labute approximate surface area is 127 Å². The van der Waals surface area contributed by atoms with Crippen molar-refractivity contribution in [2.24, 2.45) is 7.05 Å². The molecule has 0 radical (unpaired) electrons. The molecule has 6 heteroatoms. The number of imidazole rings is 1. The maximum absolute atomic E-state index is 12.4. The number of carbonyl (C=O) groups excluding carboxylic acids is 1. The Kier molecular flexibility index (Phi) is 3.79. The zero-order valence-corrected chi connectivity index (χ0v) is 13.0. The van der Waals surface area contributed by atoms with Gasteiger partial charge in [0.25, 0.3) is 5.91 Å². The van der Waals surface area contributed by atoms with Gasteiger partial charge in [0.15, 0.2) is 0 Å². The van der Waals surface area contributed by atoms with Crippen LogP contribution < -0.4 is 0 Å². The van der Waals surface area contributed by atoms with Crippen molar-refractivity contribution in [3.63, 3.8) is 0 Å². The Morgan fingerprint density at radius 3 is 3.10 bits per heavy atom. The van der Waals surface area contributed by atoms with Gasteiger partial charge in [0.05, 0.1) is 10.2 Å². The summed E-state index contributed by atoms with van der Waals surface area (Å²) >= 11 is 1.64. The quantitative estimate of drug-likeness (QED) is 0.788. The summed E-state index contributed by atoms with van der Waals surface area (Å²) in [4.78, 5) is 21.6. The first-order valence-electron chi connectivity index (χ1n) is 6.93. The maximum atomic E-state index is 12.4. The zero-order valence-electron chi connectivity index (χ0n) is 12.2. The number of amides is 1. The molecule has 0 fully saturated rings. The molecule has 0 aromatic carbocycles. The second kappa shape index (κ2) is 5.73. The molecule has 0 unspecified atom stereocenters. The van der Waals surface area contributed by atoms with Crippen molar-refractivity contribution in [1.82, 2.24) is 19.4 Å². The van der Waals surface area contributed by atoms with Gasteiger partial charge in [-0.2, -0.15) is 0 Å². The summed E-state index contributed by atoms with van der Waals surface area (Å²) in [5.74, 6) is 1.09. The number of H-pyrrole nitrogens is 1. The molecule has 0 bridgehead atoms. The van der Waals surface area contributed by atoms with Gasteiger partial charge in [0.2, 0.25) is 0 Å². The second-order valence-corrected chi connectivity index (χ2v) is 6.11. The SMILES string of the molecule is CN(CCCc1nccn1C)C(=O)c1cc2sccc2[nH]1. The molecule has 1 N–H and O–H groups in total. The number of rotatable bonds is 5. The molecule has 0 aliphatic rings. The number of aromatic amines is 1. The number of fused-ring (bicyclic) bond motifs is 1. The molecule has 0 aliphatic carbocycles. The Balaban J connectivity index is 1.57. The number of thiophene rings is 1. The van der Waals surface area contributed by atoms with Gasteiger partial charge in [-0.1, -0.05) is 0 Å². The van der Waals surface area contributed by atoms with Crippen molar-refractivity contribution in [3.05, 3.63) is 41.4 Å². The van der Waals surface area contributed by atoms with E-state index in [2.05, 4.69) is 9.97 Å². The average molecular weight is 302 g/mol. The van der Waals surface area contributed by atoms with Crippen LogP contribution >= 0.6 is 11.3 Å². The van der Waals surface area contributed by atoms with E-state index in [1.54, 1.807) is 22.4 Å². The topological polar surface area (TPSA) is 53.9 Å². The zero-order chi connectivity index (χ0) is 14.8. The van der Waals surface area contributed by atoms with Crippen LogP contribution in [0.2, 0.25) is 0 Å². The van der Waals surface area contributed by atoms with E-state index in [0.717, 1.165) is 35.4 Å². The highest BCUT2D eigenvalue weighted by Gasteiger charge is 2.14. The molecular weight excluding hydrogens is 284 g/mol. The van der Waals surface area contributed by atoms with Crippen LogP contribution in [0.3, 0.4) is 0 Å². The number of aryl methyl sites for hydroxylation is 2. The van der Waals surface area contributed by atoms with Gasteiger partial charge in [-0.05, 0) is 23.9 Å². The van der Waals surface area contributed by atoms with Gasteiger partial charge in [0, 0.05) is 39.5 Å². The lowest BCUT2D eigenvalue weighted by molar-refractivity contribution is 0.0788. The summed E-state index contributed by atoms with van der Waals surface area (Å²) in [5.41, 5.74) is 1.70. The van der Waals surface area contributed by atoms with Crippen molar-refractivity contribution in [1.29, 1.82) is 0 Å². The molecule has 0 spiro atoms. The summed E-state index contributed by atoms with van der Waals surface area (Å²) in [6, 6.07) is 3.93. The average Bonchev–Trinajstić information content (AvgIpc) is 3.14. The van der Waals surface area contributed by atoms with Crippen LogP contribution in [0.15, 0.2) is 29.9 Å². The van der Waals surface area contributed by atoms with Crippen molar-refractivity contribution in [2.45, 2.75) is 12.8 Å². The monoisotopic (exact) mass is 302 g/mol. The number of aromatic nitrogens is 3. The predicted octanol–water partition coefficient (Wildman–Crippen LogP) is 2.67. The summed E-state index contributed by atoms with van der Waals surface area (Å²) in [7, 11) is 3.83. The number of hydrogen-bond acceptors (Lipinski definition) is 3. The maximum Gasteiger partial charge on any atom is 0.270 e. The molecule has 1 amide bonds. The molecule has 3 rings (SSSR count). The molecule has 21 heavy (non-hydrogen) atoms. The minimum atomic E-state index is 0.0400. The summed E-state index contributed by atoms with van der Waals surface area (Å²) < 4.78 is 3.14. The fourth-order valence-electron chi connectivity index (χ4n) is 2.38. The third-order valence-electron chi connectivity index (χ3n) is 3.63. The highest BCUT2D eigenvalue weighted by Crippen LogP contribution is 2.21. The third kappa shape index (κ3) is 2.85. The van der Waals surface area contributed by atoms with Crippen molar-refractivity contribution < 1.29 is 4.79 Å². The Bertz CT molecular complexity index is 726. The van der Waals surface area contributed by atoms with E-state index in [-0.39, 0.29) is 5.91 Å². The fraction of sp³-hybridized carbons (Fsp3) is 0.333. The first kappa shape index (κ1) is 13.9. The molecule has 3 aromatic rings. The van der Waals surface area contributed by atoms with Crippen LogP contribution in [0.4, 0.5) is 0 Å². The number of hydrogen-bond donors (Lipinski definition) is 1. The molecule has 5 nitrogen and oxygen atoms in total. The van der Waals surface area contributed by atoms with Crippen LogP contribution in [-0.2, 0) is 13.5 Å². The van der Waals surface area contributed by atoms with Crippen LogP contribution in [0, 0.1) is 0 Å². The van der Waals surface area contributed by atoms with Crippen LogP contribution in [-0.4, -0.2) is 38.9 Å².